The summed E-state index contributed by atoms with van der Waals surface area (Å²) in [6.07, 6.45) is 1.45. The number of hydrogen-bond acceptors (Lipinski definition) is 11. The first-order chi connectivity index (χ1) is 21.0. The first kappa shape index (κ1) is 32.5. The molecule has 1 aromatic carbocycles. The number of primary amides is 1. The fourth-order valence-electron chi connectivity index (χ4n) is 7.70. The largest absolute Gasteiger partial charge is 0.508 e. The number of piperidine rings is 1. The number of aliphatic hydroxyl groups is 3. The van der Waals surface area contributed by atoms with E-state index in [1.54, 1.807) is 39.2 Å². The predicted octanol–water partition coefficient (Wildman–Crippen LogP) is 1.09. The Balaban J connectivity index is 1.59. The molecule has 1 saturated heterocycles. The Labute approximate surface area is 262 Å². The molecule has 5 rings (SSSR count). The van der Waals surface area contributed by atoms with Gasteiger partial charge in [0, 0.05) is 43.2 Å². The van der Waals surface area contributed by atoms with Crippen LogP contribution in [0, 0.1) is 17.8 Å². The van der Waals surface area contributed by atoms with Gasteiger partial charge in [-0.05, 0) is 84.3 Å². The molecule has 2 fully saturated rings. The number of carbonyl (C=O) groups excluding carboxylic acids is 4. The summed E-state index contributed by atoms with van der Waals surface area (Å²) in [6, 6.07) is 0.850. The van der Waals surface area contributed by atoms with Crippen LogP contribution in [0.1, 0.15) is 44.2 Å². The van der Waals surface area contributed by atoms with E-state index in [4.69, 9.17) is 5.73 Å². The summed E-state index contributed by atoms with van der Waals surface area (Å²) in [6.45, 7) is 5.76. The van der Waals surface area contributed by atoms with Crippen molar-refractivity contribution in [3.8, 4) is 5.75 Å². The Morgan fingerprint density at radius 1 is 1.09 bits per heavy atom. The molecule has 0 aromatic heterocycles. The van der Waals surface area contributed by atoms with Gasteiger partial charge in [0.25, 0.3) is 5.91 Å². The van der Waals surface area contributed by atoms with Crippen LogP contribution in [-0.4, -0.2) is 113 Å². The van der Waals surface area contributed by atoms with Crippen molar-refractivity contribution in [3.05, 3.63) is 34.1 Å². The molecule has 13 heteroatoms. The van der Waals surface area contributed by atoms with Crippen molar-refractivity contribution < 1.29 is 39.6 Å². The second-order valence-corrected chi connectivity index (χ2v) is 13.4. The van der Waals surface area contributed by atoms with Crippen LogP contribution in [0.4, 0.5) is 11.4 Å². The summed E-state index contributed by atoms with van der Waals surface area (Å²) in [4.78, 5) is 58.5. The van der Waals surface area contributed by atoms with Crippen molar-refractivity contribution in [3.63, 3.8) is 0 Å². The number of nitrogens with zero attached hydrogens (tertiary/aromatic N) is 3. The van der Waals surface area contributed by atoms with Crippen LogP contribution in [0.5, 0.6) is 5.75 Å². The molecule has 0 spiro atoms. The highest BCUT2D eigenvalue weighted by Gasteiger charge is 2.64. The van der Waals surface area contributed by atoms with Crippen LogP contribution < -0.4 is 16.0 Å². The van der Waals surface area contributed by atoms with E-state index >= 15 is 0 Å². The number of nitrogens with one attached hydrogen (secondary N) is 1. The lowest BCUT2D eigenvalue weighted by Crippen LogP contribution is -2.65. The molecule has 3 aliphatic carbocycles. The number of likely N-dealkylation sites (N-methyl/N-ethyl adjacent to an activating group) is 1. The van der Waals surface area contributed by atoms with E-state index in [2.05, 4.69) is 24.1 Å². The number of ketones is 2. The zero-order chi connectivity index (χ0) is 33.3. The zero-order valence-corrected chi connectivity index (χ0v) is 26.5. The SMILES string of the molecule is CC(C)N1CCC(C(=O)Nc2cc(N(C)C)c3c(c2O)C(O)=C2C(=O)[C@]4(O)C(O)=C(C(N)=O)C(=O)[C@@H](N(C)C)[C@@H]4CC2C3)CC1. The fraction of sp³-hybridized carbons (Fsp3) is 0.562. The topological polar surface area (TPSA) is 197 Å². The maximum atomic E-state index is 14.2. The number of fused-ring (bicyclic) bond motifs is 3. The third kappa shape index (κ3) is 4.97. The number of rotatable bonds is 6. The van der Waals surface area contributed by atoms with Crippen LogP contribution >= 0.6 is 0 Å². The highest BCUT2D eigenvalue weighted by molar-refractivity contribution is 6.24. The average Bonchev–Trinajstić information content (AvgIpc) is 2.95. The Bertz CT molecular complexity index is 1540. The van der Waals surface area contributed by atoms with Gasteiger partial charge in [-0.25, -0.2) is 0 Å². The lowest BCUT2D eigenvalue weighted by Gasteiger charge is -2.50. The van der Waals surface area contributed by atoms with E-state index in [0.717, 1.165) is 13.1 Å². The lowest BCUT2D eigenvalue weighted by molar-refractivity contribution is -0.153. The van der Waals surface area contributed by atoms with Crippen molar-refractivity contribution in [2.24, 2.45) is 23.5 Å². The smallest absolute Gasteiger partial charge is 0.255 e. The maximum absolute atomic E-state index is 14.2. The van der Waals surface area contributed by atoms with Gasteiger partial charge in [0.1, 0.15) is 22.8 Å². The van der Waals surface area contributed by atoms with Gasteiger partial charge < -0.3 is 41.3 Å². The van der Waals surface area contributed by atoms with Gasteiger partial charge in [-0.3, -0.25) is 24.1 Å². The summed E-state index contributed by atoms with van der Waals surface area (Å²) in [5.41, 5.74) is 2.68. The summed E-state index contributed by atoms with van der Waals surface area (Å²) >= 11 is 0. The third-order valence-electron chi connectivity index (χ3n) is 10.1. The highest BCUT2D eigenvalue weighted by atomic mass is 16.3. The Morgan fingerprint density at radius 3 is 2.24 bits per heavy atom. The minimum atomic E-state index is -2.72. The Kier molecular flexibility index (Phi) is 8.26. The quantitative estimate of drug-likeness (QED) is 0.196. The molecule has 1 heterocycles. The number of Topliss-reactive ketones (excluding diaryl/α,β-unsaturated/α-hetero) is 2. The molecule has 45 heavy (non-hydrogen) atoms. The standard InChI is InChI=1S/C32H43N5O8/c1-14(2)37-9-7-15(8-10-37)31(44)34-19-13-20(35(3)4)17-11-16-12-18-24(36(5)6)27(40)23(30(33)43)29(42)32(18,45)28(41)21(16)26(39)22(17)25(19)38/h13-16,18,24,38-39,42,45H,7-12H2,1-6H3,(H2,33,43)(H,34,44)/t16?,18-,24-,32-/m0/s1. The van der Waals surface area contributed by atoms with Crippen LogP contribution in [0.15, 0.2) is 23.0 Å². The third-order valence-corrected chi connectivity index (χ3v) is 10.1. The Hall–Kier alpha value is -3.94. The zero-order valence-electron chi connectivity index (χ0n) is 26.5. The average molecular weight is 626 g/mol. The monoisotopic (exact) mass is 625 g/mol. The number of phenolic OH excluding ortho intramolecular Hbond substituents is 1. The van der Waals surface area contributed by atoms with Gasteiger partial charge in [-0.15, -0.1) is 0 Å². The van der Waals surface area contributed by atoms with Gasteiger partial charge >= 0.3 is 0 Å². The van der Waals surface area contributed by atoms with Gasteiger partial charge in [-0.2, -0.15) is 0 Å². The molecule has 1 saturated carbocycles. The van der Waals surface area contributed by atoms with E-state index in [1.807, 2.05) is 0 Å². The van der Waals surface area contributed by atoms with Crippen LogP contribution in [0.2, 0.25) is 0 Å². The number of aliphatic hydroxyl groups excluding tert-OH is 2. The number of benzene rings is 1. The fourth-order valence-corrected chi connectivity index (χ4v) is 7.70. The number of likely N-dealkylation sites (tertiary alicyclic amines) is 1. The highest BCUT2D eigenvalue weighted by Crippen LogP contribution is 2.54. The number of carbonyl (C=O) groups is 4. The number of phenols is 1. The van der Waals surface area contributed by atoms with E-state index in [0.29, 0.717) is 30.1 Å². The Morgan fingerprint density at radius 2 is 1.71 bits per heavy atom. The molecule has 4 aliphatic rings. The summed E-state index contributed by atoms with van der Waals surface area (Å²) in [5.74, 6) is -7.74. The second-order valence-electron chi connectivity index (χ2n) is 13.4. The minimum absolute atomic E-state index is 0.00699. The van der Waals surface area contributed by atoms with Gasteiger partial charge in [0.2, 0.25) is 11.7 Å². The summed E-state index contributed by atoms with van der Waals surface area (Å²) in [7, 11) is 6.66. The van der Waals surface area contributed by atoms with E-state index in [9.17, 15) is 39.6 Å². The van der Waals surface area contributed by atoms with Crippen molar-refractivity contribution in [2.75, 3.05) is 51.5 Å². The molecule has 4 atom stereocenters. The first-order valence-electron chi connectivity index (χ1n) is 15.3. The molecule has 244 valence electrons. The van der Waals surface area contributed by atoms with E-state index in [1.165, 1.54) is 4.90 Å². The van der Waals surface area contributed by atoms with Crippen molar-refractivity contribution in [1.29, 1.82) is 0 Å². The maximum Gasteiger partial charge on any atom is 0.255 e. The van der Waals surface area contributed by atoms with Crippen molar-refractivity contribution >= 4 is 40.5 Å². The molecular weight excluding hydrogens is 582 g/mol. The first-order valence-corrected chi connectivity index (χ1v) is 15.3. The normalized spacial score (nSPS) is 27.4. The van der Waals surface area contributed by atoms with E-state index in [-0.39, 0.29) is 41.5 Å². The van der Waals surface area contributed by atoms with Gasteiger partial charge in [0.05, 0.1) is 17.3 Å². The number of amides is 2. The van der Waals surface area contributed by atoms with Gasteiger partial charge in [-0.1, -0.05) is 0 Å². The number of hydrogen-bond donors (Lipinski definition) is 6. The molecule has 7 N–H and O–H groups in total. The molecule has 0 radical (unpaired) electrons. The molecule has 1 unspecified atom stereocenters. The molecule has 13 nitrogen and oxygen atoms in total. The summed E-state index contributed by atoms with van der Waals surface area (Å²) in [5, 5.41) is 48.9. The lowest BCUT2D eigenvalue weighted by atomic mass is 9.57. The number of anilines is 2. The molecule has 1 aliphatic heterocycles. The van der Waals surface area contributed by atoms with Gasteiger partial charge in [0.15, 0.2) is 11.4 Å². The molecule has 2 amide bonds. The minimum Gasteiger partial charge on any atom is -0.508 e. The summed E-state index contributed by atoms with van der Waals surface area (Å²) < 4.78 is 0. The van der Waals surface area contributed by atoms with Crippen LogP contribution in [-0.2, 0) is 25.6 Å². The second kappa shape index (κ2) is 11.5. The molecule has 1 aromatic rings. The van der Waals surface area contributed by atoms with E-state index < -0.39 is 63.8 Å². The predicted molar refractivity (Wildman–Crippen MR) is 167 cm³/mol. The molecular formula is C32H43N5O8. The van der Waals surface area contributed by atoms with Crippen molar-refractivity contribution in [1.82, 2.24) is 9.80 Å². The van der Waals surface area contributed by atoms with Crippen LogP contribution in [0.3, 0.4) is 0 Å². The number of nitrogens with two attached hydrogens (primary N) is 1. The molecule has 0 bridgehead atoms. The van der Waals surface area contributed by atoms with Crippen LogP contribution in [0.25, 0.3) is 5.76 Å². The van der Waals surface area contributed by atoms with Crippen molar-refractivity contribution in [2.45, 2.75) is 57.2 Å². The number of aromatic hydroxyl groups is 1.